The largest absolute Gasteiger partial charge is 0.345 e. The van der Waals surface area contributed by atoms with Gasteiger partial charge in [0.1, 0.15) is 10.5 Å². The Hall–Kier alpha value is -1.15. The molecule has 0 aromatic carbocycles. The molecule has 0 aliphatic rings. The van der Waals surface area contributed by atoms with Gasteiger partial charge in [-0.3, -0.25) is 0 Å². The van der Waals surface area contributed by atoms with Crippen molar-refractivity contribution in [2.45, 2.75) is 24.3 Å². The van der Waals surface area contributed by atoms with E-state index in [-0.39, 0.29) is 11.4 Å². The lowest BCUT2D eigenvalue weighted by atomic mass is 10.1. The molecule has 6 nitrogen and oxygen atoms in total. The van der Waals surface area contributed by atoms with Crippen LogP contribution in [0.25, 0.3) is 11.0 Å². The van der Waals surface area contributed by atoms with E-state index in [1.54, 1.807) is 19.9 Å². The summed E-state index contributed by atoms with van der Waals surface area (Å²) in [5.41, 5.74) is 5.56. The van der Waals surface area contributed by atoms with Gasteiger partial charge in [0, 0.05) is 24.5 Å². The van der Waals surface area contributed by atoms with Crippen LogP contribution >= 0.6 is 11.6 Å². The molecule has 2 aromatic rings. The zero-order chi connectivity index (χ0) is 14.3. The number of pyridine rings is 1. The number of rotatable bonds is 4. The summed E-state index contributed by atoms with van der Waals surface area (Å²) in [5.74, 6) is 0. The van der Waals surface area contributed by atoms with Crippen LogP contribution in [0.4, 0.5) is 0 Å². The van der Waals surface area contributed by atoms with E-state index < -0.39 is 15.6 Å². The van der Waals surface area contributed by atoms with Crippen LogP contribution < -0.4 is 10.5 Å². The molecule has 19 heavy (non-hydrogen) atoms. The number of nitrogens with one attached hydrogen (secondary N) is 2. The van der Waals surface area contributed by atoms with Crippen LogP contribution in [0.15, 0.2) is 23.4 Å². The number of aromatic nitrogens is 2. The van der Waals surface area contributed by atoms with Gasteiger partial charge in [0.2, 0.25) is 10.0 Å². The van der Waals surface area contributed by atoms with E-state index in [9.17, 15) is 8.42 Å². The first-order valence-corrected chi connectivity index (χ1v) is 7.47. The fourth-order valence-corrected chi connectivity index (χ4v) is 3.27. The fraction of sp³-hybridized carbons (Fsp3) is 0.364. The minimum atomic E-state index is -3.68. The molecule has 0 radical (unpaired) electrons. The Morgan fingerprint density at radius 1 is 1.53 bits per heavy atom. The number of halogens is 1. The van der Waals surface area contributed by atoms with Crippen molar-refractivity contribution in [2.24, 2.45) is 5.73 Å². The van der Waals surface area contributed by atoms with Gasteiger partial charge in [0.05, 0.1) is 10.4 Å². The number of fused-ring (bicyclic) bond motifs is 1. The first-order chi connectivity index (χ1) is 8.71. The summed E-state index contributed by atoms with van der Waals surface area (Å²) in [6.07, 6.45) is 2.88. The Balaban J connectivity index is 2.44. The molecule has 0 amide bonds. The van der Waals surface area contributed by atoms with E-state index in [0.717, 1.165) is 0 Å². The zero-order valence-electron chi connectivity index (χ0n) is 10.6. The summed E-state index contributed by atoms with van der Waals surface area (Å²) in [4.78, 5) is 6.89. The topological polar surface area (TPSA) is 101 Å². The van der Waals surface area contributed by atoms with E-state index in [0.29, 0.717) is 16.1 Å². The molecular weight excluding hydrogens is 288 g/mol. The van der Waals surface area contributed by atoms with Crippen molar-refractivity contribution < 1.29 is 8.42 Å². The molecule has 4 N–H and O–H groups in total. The van der Waals surface area contributed by atoms with Crippen LogP contribution in [0.2, 0.25) is 5.02 Å². The van der Waals surface area contributed by atoms with Crippen LogP contribution in [0.1, 0.15) is 13.8 Å². The van der Waals surface area contributed by atoms with Crippen LogP contribution in [0.5, 0.6) is 0 Å². The second-order valence-corrected chi connectivity index (χ2v) is 7.13. The highest BCUT2D eigenvalue weighted by atomic mass is 35.5. The number of hydrogen-bond donors (Lipinski definition) is 3. The van der Waals surface area contributed by atoms with Gasteiger partial charge in [-0.1, -0.05) is 11.6 Å². The molecule has 0 spiro atoms. The molecule has 0 fully saturated rings. The molecule has 8 heteroatoms. The maximum absolute atomic E-state index is 12.2. The SMILES string of the molecule is CC(C)(N)CNS(=O)(=O)c1c[nH]c2nccc(Cl)c12. The summed E-state index contributed by atoms with van der Waals surface area (Å²) in [6, 6.07) is 1.55. The monoisotopic (exact) mass is 302 g/mol. The van der Waals surface area contributed by atoms with Gasteiger partial charge in [0.15, 0.2) is 0 Å². The highest BCUT2D eigenvalue weighted by molar-refractivity contribution is 7.89. The molecule has 104 valence electrons. The summed E-state index contributed by atoms with van der Waals surface area (Å²) in [7, 11) is -3.68. The van der Waals surface area contributed by atoms with Crippen LogP contribution in [0, 0.1) is 0 Å². The van der Waals surface area contributed by atoms with Crippen molar-refractivity contribution in [3.05, 3.63) is 23.5 Å². The summed E-state index contributed by atoms with van der Waals surface area (Å²) in [5, 5.41) is 0.713. The molecule has 2 heterocycles. The Kier molecular flexibility index (Phi) is 3.57. The molecule has 0 aliphatic heterocycles. The van der Waals surface area contributed by atoms with Crippen molar-refractivity contribution in [1.29, 1.82) is 0 Å². The van der Waals surface area contributed by atoms with Crippen molar-refractivity contribution in [3.8, 4) is 0 Å². The molecule has 2 rings (SSSR count). The van der Waals surface area contributed by atoms with Crippen LogP contribution in [-0.4, -0.2) is 30.5 Å². The van der Waals surface area contributed by atoms with Crippen LogP contribution in [0.3, 0.4) is 0 Å². The maximum Gasteiger partial charge on any atom is 0.242 e. The molecule has 0 aliphatic carbocycles. The third kappa shape index (κ3) is 3.06. The Labute approximate surface area is 116 Å². The standard InChI is InChI=1S/C11H15ClN4O2S/c1-11(2,13)6-16-19(17,18)8-5-15-10-9(8)7(12)3-4-14-10/h3-5,16H,6,13H2,1-2H3,(H,14,15). The maximum atomic E-state index is 12.2. The molecular formula is C11H15ClN4O2S. The number of sulfonamides is 1. The summed E-state index contributed by atoms with van der Waals surface area (Å²) in [6.45, 7) is 3.60. The number of nitrogens with zero attached hydrogens (tertiary/aromatic N) is 1. The average Bonchev–Trinajstić information content (AvgIpc) is 2.72. The van der Waals surface area contributed by atoms with E-state index >= 15 is 0 Å². The minimum Gasteiger partial charge on any atom is -0.345 e. The highest BCUT2D eigenvalue weighted by Gasteiger charge is 2.23. The van der Waals surface area contributed by atoms with Crippen molar-refractivity contribution in [2.75, 3.05) is 6.54 Å². The van der Waals surface area contributed by atoms with Crippen molar-refractivity contribution in [3.63, 3.8) is 0 Å². The second-order valence-electron chi connectivity index (χ2n) is 4.98. The van der Waals surface area contributed by atoms with Gasteiger partial charge in [-0.25, -0.2) is 18.1 Å². The van der Waals surface area contributed by atoms with Crippen molar-refractivity contribution in [1.82, 2.24) is 14.7 Å². The van der Waals surface area contributed by atoms with Gasteiger partial charge in [-0.05, 0) is 19.9 Å². The first-order valence-electron chi connectivity index (χ1n) is 5.61. The zero-order valence-corrected chi connectivity index (χ0v) is 12.1. The first kappa shape index (κ1) is 14.3. The van der Waals surface area contributed by atoms with Gasteiger partial charge < -0.3 is 10.7 Å². The summed E-state index contributed by atoms with van der Waals surface area (Å²) < 4.78 is 26.9. The summed E-state index contributed by atoms with van der Waals surface area (Å²) >= 11 is 6.02. The quantitative estimate of drug-likeness (QED) is 0.790. The third-order valence-electron chi connectivity index (χ3n) is 2.49. The number of hydrogen-bond acceptors (Lipinski definition) is 4. The lowest BCUT2D eigenvalue weighted by molar-refractivity contribution is 0.498. The lowest BCUT2D eigenvalue weighted by Gasteiger charge is -2.18. The highest BCUT2D eigenvalue weighted by Crippen LogP contribution is 2.28. The predicted molar refractivity (Wildman–Crippen MR) is 74.6 cm³/mol. The normalized spacial score (nSPS) is 13.1. The minimum absolute atomic E-state index is 0.0739. The van der Waals surface area contributed by atoms with Crippen molar-refractivity contribution >= 4 is 32.7 Å². The lowest BCUT2D eigenvalue weighted by Crippen LogP contribution is -2.44. The van der Waals surface area contributed by atoms with Crippen LogP contribution in [-0.2, 0) is 10.0 Å². The fourth-order valence-electron chi connectivity index (χ4n) is 1.56. The molecule has 0 unspecified atom stereocenters. The van der Waals surface area contributed by atoms with E-state index in [4.69, 9.17) is 17.3 Å². The predicted octanol–water partition coefficient (Wildman–Crippen LogP) is 1.23. The van der Waals surface area contributed by atoms with E-state index in [1.165, 1.54) is 12.4 Å². The number of aromatic amines is 1. The van der Waals surface area contributed by atoms with E-state index in [2.05, 4.69) is 14.7 Å². The van der Waals surface area contributed by atoms with Gasteiger partial charge in [0.25, 0.3) is 0 Å². The van der Waals surface area contributed by atoms with Gasteiger partial charge >= 0.3 is 0 Å². The van der Waals surface area contributed by atoms with Gasteiger partial charge in [-0.15, -0.1) is 0 Å². The Bertz CT molecular complexity index is 703. The number of nitrogens with two attached hydrogens (primary N) is 1. The Morgan fingerprint density at radius 2 is 2.21 bits per heavy atom. The van der Waals surface area contributed by atoms with E-state index in [1.807, 2.05) is 0 Å². The molecule has 2 aromatic heterocycles. The second kappa shape index (κ2) is 4.75. The molecule has 0 atom stereocenters. The number of H-pyrrole nitrogens is 1. The molecule has 0 bridgehead atoms. The smallest absolute Gasteiger partial charge is 0.242 e. The molecule has 0 saturated carbocycles. The third-order valence-corrected chi connectivity index (χ3v) is 4.23. The Morgan fingerprint density at radius 3 is 2.84 bits per heavy atom. The molecule has 0 saturated heterocycles. The average molecular weight is 303 g/mol. The van der Waals surface area contributed by atoms with Gasteiger partial charge in [-0.2, -0.15) is 0 Å².